The van der Waals surface area contributed by atoms with Gasteiger partial charge >= 0.3 is 6.03 Å². The molecule has 0 spiro atoms. The maximum absolute atomic E-state index is 13.4. The van der Waals surface area contributed by atoms with Gasteiger partial charge in [-0.2, -0.15) is 5.10 Å². The molecule has 3 amide bonds. The molecule has 0 unspecified atom stereocenters. The molecule has 0 saturated carbocycles. The summed E-state index contributed by atoms with van der Waals surface area (Å²) in [4.78, 5) is 45.0. The Hall–Kier alpha value is -5.36. The number of piperazine rings is 1. The highest BCUT2D eigenvalue weighted by Gasteiger charge is 2.21. The molecule has 1 aliphatic rings. The first kappa shape index (κ1) is 29.7. The van der Waals surface area contributed by atoms with E-state index in [9.17, 15) is 9.59 Å². The summed E-state index contributed by atoms with van der Waals surface area (Å²) in [5.41, 5.74) is 5.64. The van der Waals surface area contributed by atoms with Crippen LogP contribution in [0.15, 0.2) is 73.1 Å². The van der Waals surface area contributed by atoms with Crippen molar-refractivity contribution in [1.82, 2.24) is 34.5 Å². The molecule has 0 radical (unpaired) electrons. The topological polar surface area (TPSA) is 124 Å². The molecule has 12 nitrogen and oxygen atoms in total. The van der Waals surface area contributed by atoms with Crippen molar-refractivity contribution in [2.45, 2.75) is 20.4 Å². The van der Waals surface area contributed by atoms with E-state index in [1.807, 2.05) is 84.1 Å². The van der Waals surface area contributed by atoms with Crippen molar-refractivity contribution in [1.29, 1.82) is 0 Å². The van der Waals surface area contributed by atoms with Gasteiger partial charge in [-0.05, 0) is 69.4 Å². The standard InChI is InChI=1S/C33H36N10O2/c1-22-7-5-8-26(36-22)20-43-28-10-6-9-27(31(28)23(2)39-43)38-33(45)41(4)30-19-29(34-21-35-30)37-25-13-11-24(12-14-25)32(44)42-17-15-40(3)16-18-42/h5-14,19,21H,15-18,20H2,1-4H3,(H,38,45)(H,34,35,37). The Bertz CT molecular complexity index is 1840. The minimum atomic E-state index is -0.355. The van der Waals surface area contributed by atoms with Gasteiger partial charge in [0.15, 0.2) is 0 Å². The predicted molar refractivity (Wildman–Crippen MR) is 175 cm³/mol. The van der Waals surface area contributed by atoms with E-state index in [1.165, 1.54) is 11.2 Å². The largest absolute Gasteiger partial charge is 0.340 e. The molecule has 1 fully saturated rings. The average Bonchev–Trinajstić information content (AvgIpc) is 3.36. The van der Waals surface area contributed by atoms with Gasteiger partial charge in [-0.15, -0.1) is 0 Å². The molecule has 2 N–H and O–H groups in total. The fourth-order valence-corrected chi connectivity index (χ4v) is 5.42. The van der Waals surface area contributed by atoms with Gasteiger partial charge in [0.2, 0.25) is 0 Å². The van der Waals surface area contributed by atoms with Gasteiger partial charge in [0, 0.05) is 61.6 Å². The van der Waals surface area contributed by atoms with Crippen LogP contribution in [-0.2, 0) is 6.54 Å². The molecular formula is C33H36N10O2. The monoisotopic (exact) mass is 604 g/mol. The lowest BCUT2D eigenvalue weighted by Gasteiger charge is -2.32. The predicted octanol–water partition coefficient (Wildman–Crippen LogP) is 4.69. The highest BCUT2D eigenvalue weighted by atomic mass is 16.2. The summed E-state index contributed by atoms with van der Waals surface area (Å²) >= 11 is 0. The molecule has 6 rings (SSSR count). The molecule has 5 aromatic rings. The van der Waals surface area contributed by atoms with Gasteiger partial charge in [0.05, 0.1) is 29.1 Å². The van der Waals surface area contributed by atoms with E-state index in [0.717, 1.165) is 59.9 Å². The first-order chi connectivity index (χ1) is 21.7. The first-order valence-corrected chi connectivity index (χ1v) is 14.9. The Balaban J connectivity index is 1.13. The number of nitrogens with zero attached hydrogens (tertiary/aromatic N) is 8. The number of nitrogens with one attached hydrogen (secondary N) is 2. The second-order valence-electron chi connectivity index (χ2n) is 11.3. The second kappa shape index (κ2) is 12.7. The zero-order valence-corrected chi connectivity index (χ0v) is 25.9. The van der Waals surface area contributed by atoms with Gasteiger partial charge in [0.25, 0.3) is 5.91 Å². The van der Waals surface area contributed by atoms with Crippen LogP contribution in [0.2, 0.25) is 0 Å². The normalized spacial score (nSPS) is 13.6. The Morgan fingerprint density at radius 2 is 1.69 bits per heavy atom. The molecule has 1 saturated heterocycles. The van der Waals surface area contributed by atoms with Crippen LogP contribution in [0.5, 0.6) is 0 Å². The fraction of sp³-hybridized carbons (Fsp3) is 0.273. The van der Waals surface area contributed by atoms with Gasteiger partial charge in [0.1, 0.15) is 18.0 Å². The van der Waals surface area contributed by atoms with E-state index in [4.69, 9.17) is 5.10 Å². The highest BCUT2D eigenvalue weighted by molar-refractivity contribution is 6.07. The molecule has 0 aliphatic carbocycles. The SMILES string of the molecule is Cc1cccc(Cn2nc(C)c3c(NC(=O)N(C)c4cc(Nc5ccc(C(=O)N6CCN(C)CC6)cc5)ncn4)cccc32)n1. The van der Waals surface area contributed by atoms with Crippen LogP contribution in [0.4, 0.5) is 27.8 Å². The number of pyridine rings is 1. The lowest BCUT2D eigenvalue weighted by molar-refractivity contribution is 0.0664. The maximum Gasteiger partial charge on any atom is 0.327 e. The van der Waals surface area contributed by atoms with Crippen molar-refractivity contribution in [2.24, 2.45) is 0 Å². The summed E-state index contributed by atoms with van der Waals surface area (Å²) in [6.45, 7) is 7.62. The third-order valence-corrected chi connectivity index (χ3v) is 7.95. The van der Waals surface area contributed by atoms with Crippen LogP contribution in [0, 0.1) is 13.8 Å². The van der Waals surface area contributed by atoms with Crippen LogP contribution < -0.4 is 15.5 Å². The minimum Gasteiger partial charge on any atom is -0.340 e. The Labute approximate surface area is 261 Å². The lowest BCUT2D eigenvalue weighted by Crippen LogP contribution is -2.47. The molecule has 0 atom stereocenters. The van der Waals surface area contributed by atoms with Crippen molar-refractivity contribution in [3.8, 4) is 0 Å². The smallest absolute Gasteiger partial charge is 0.327 e. The van der Waals surface area contributed by atoms with Crippen LogP contribution in [0.3, 0.4) is 0 Å². The number of carbonyl (C=O) groups is 2. The van der Waals surface area contributed by atoms with Gasteiger partial charge in [-0.3, -0.25) is 19.4 Å². The number of rotatable bonds is 7. The number of aryl methyl sites for hydroxylation is 2. The molecule has 45 heavy (non-hydrogen) atoms. The Morgan fingerprint density at radius 3 is 2.44 bits per heavy atom. The molecule has 4 heterocycles. The number of fused-ring (bicyclic) bond motifs is 1. The number of anilines is 4. The van der Waals surface area contributed by atoms with E-state index in [-0.39, 0.29) is 11.9 Å². The van der Waals surface area contributed by atoms with Crippen molar-refractivity contribution >= 4 is 45.9 Å². The van der Waals surface area contributed by atoms with Crippen LogP contribution in [0.1, 0.15) is 27.4 Å². The summed E-state index contributed by atoms with van der Waals surface area (Å²) in [5, 5.41) is 11.9. The number of aromatic nitrogens is 5. The van der Waals surface area contributed by atoms with Crippen LogP contribution in [-0.4, -0.2) is 86.7 Å². The lowest BCUT2D eigenvalue weighted by atomic mass is 10.1. The third kappa shape index (κ3) is 6.60. The minimum absolute atomic E-state index is 0.0353. The van der Waals surface area contributed by atoms with Crippen LogP contribution in [0.25, 0.3) is 10.9 Å². The fourth-order valence-electron chi connectivity index (χ4n) is 5.42. The van der Waals surface area contributed by atoms with E-state index in [0.29, 0.717) is 29.4 Å². The molecule has 3 aromatic heterocycles. The first-order valence-electron chi connectivity index (χ1n) is 14.9. The van der Waals surface area contributed by atoms with E-state index >= 15 is 0 Å². The van der Waals surface area contributed by atoms with Crippen molar-refractivity contribution < 1.29 is 9.59 Å². The third-order valence-electron chi connectivity index (χ3n) is 7.95. The van der Waals surface area contributed by atoms with Crippen molar-refractivity contribution in [3.63, 3.8) is 0 Å². The number of benzene rings is 2. The summed E-state index contributed by atoms with van der Waals surface area (Å²) < 4.78 is 1.91. The van der Waals surface area contributed by atoms with Crippen LogP contribution >= 0.6 is 0 Å². The number of carbonyl (C=O) groups excluding carboxylic acids is 2. The zero-order chi connectivity index (χ0) is 31.5. The zero-order valence-electron chi connectivity index (χ0n) is 25.9. The van der Waals surface area contributed by atoms with Crippen molar-refractivity contribution in [3.05, 3.63) is 95.7 Å². The summed E-state index contributed by atoms with van der Waals surface area (Å²) in [5.74, 6) is 0.965. The highest BCUT2D eigenvalue weighted by Crippen LogP contribution is 2.28. The summed E-state index contributed by atoms with van der Waals surface area (Å²) in [7, 11) is 3.72. The molecule has 0 bridgehead atoms. The Kier molecular flexibility index (Phi) is 8.39. The molecule has 12 heteroatoms. The van der Waals surface area contributed by atoms with Gasteiger partial charge in [-0.25, -0.2) is 14.8 Å². The number of amides is 3. The second-order valence-corrected chi connectivity index (χ2v) is 11.3. The Morgan fingerprint density at radius 1 is 0.933 bits per heavy atom. The molecular weight excluding hydrogens is 568 g/mol. The number of hydrogen-bond donors (Lipinski definition) is 2. The molecule has 2 aromatic carbocycles. The van der Waals surface area contributed by atoms with E-state index < -0.39 is 0 Å². The van der Waals surface area contributed by atoms with E-state index in [1.54, 1.807) is 13.1 Å². The average molecular weight is 605 g/mol. The summed E-state index contributed by atoms with van der Waals surface area (Å²) in [6, 6.07) is 20.3. The van der Waals surface area contributed by atoms with Crippen molar-refractivity contribution in [2.75, 3.05) is 55.8 Å². The molecule has 1 aliphatic heterocycles. The quantitative estimate of drug-likeness (QED) is 0.274. The van der Waals surface area contributed by atoms with Gasteiger partial charge < -0.3 is 20.4 Å². The van der Waals surface area contributed by atoms with Gasteiger partial charge in [-0.1, -0.05) is 12.1 Å². The molecule has 230 valence electrons. The maximum atomic E-state index is 13.4. The number of hydrogen-bond acceptors (Lipinski definition) is 8. The number of likely N-dealkylation sites (N-methyl/N-ethyl adjacent to an activating group) is 1. The summed E-state index contributed by atoms with van der Waals surface area (Å²) in [6.07, 6.45) is 1.40. The number of urea groups is 1. The van der Waals surface area contributed by atoms with E-state index in [2.05, 4.69) is 37.5 Å².